The van der Waals surface area contributed by atoms with Gasteiger partial charge in [0, 0.05) is 6.72 Å². The zero-order valence-corrected chi connectivity index (χ0v) is 29.4. The van der Waals surface area contributed by atoms with Gasteiger partial charge in [-0.3, -0.25) is 0 Å². The molecule has 10 heteroatoms. The molecular formula is C39H52N2O8. The van der Waals surface area contributed by atoms with Crippen molar-refractivity contribution < 1.29 is 38.6 Å². The summed E-state index contributed by atoms with van der Waals surface area (Å²) in [5, 5.41) is 9.33. The Bertz CT molecular complexity index is 1320. The van der Waals surface area contributed by atoms with Gasteiger partial charge in [0.15, 0.2) is 0 Å². The quantitative estimate of drug-likeness (QED) is 0.104. The topological polar surface area (TPSA) is 155 Å². The lowest BCUT2D eigenvalue weighted by Crippen LogP contribution is -2.07. The molecule has 0 spiro atoms. The predicted octanol–water partition coefficient (Wildman–Crippen LogP) is 6.52. The molecule has 0 heterocycles. The van der Waals surface area contributed by atoms with E-state index in [4.69, 9.17) is 10.0 Å². The van der Waals surface area contributed by atoms with Gasteiger partial charge in [-0.15, -0.1) is 5.16 Å². The van der Waals surface area contributed by atoms with E-state index in [1.165, 1.54) is 100 Å². The Morgan fingerprint density at radius 3 is 0.939 bits per heavy atom. The Morgan fingerprint density at radius 1 is 0.531 bits per heavy atom. The number of ether oxygens (including phenoxy) is 3. The van der Waals surface area contributed by atoms with Crippen molar-refractivity contribution in [3.8, 4) is 0 Å². The lowest BCUT2D eigenvalue weighted by molar-refractivity contribution is -0.0980. The number of carbonyl (C=O) groups is 4. The molecule has 0 fully saturated rings. The molecule has 3 aliphatic rings. The number of methoxy groups -OCH3 is 3. The Labute approximate surface area is 290 Å². The number of fused-ring (bicyclic) bond motifs is 3. The molecule has 49 heavy (non-hydrogen) atoms. The number of aryl methyl sites for hydroxylation is 6. The molecule has 3 N–H and O–H groups in total. The molecule has 0 amide bonds. The van der Waals surface area contributed by atoms with Crippen LogP contribution in [0.3, 0.4) is 0 Å². The van der Waals surface area contributed by atoms with E-state index in [-0.39, 0.29) is 17.9 Å². The lowest BCUT2D eigenvalue weighted by atomic mass is 9.90. The number of benzene rings is 3. The zero-order valence-electron chi connectivity index (χ0n) is 29.4. The van der Waals surface area contributed by atoms with E-state index in [9.17, 15) is 14.4 Å². The number of rotatable bonds is 3. The highest BCUT2D eigenvalue weighted by molar-refractivity contribution is 5.90. The van der Waals surface area contributed by atoms with Gasteiger partial charge in [-0.25, -0.2) is 14.4 Å². The van der Waals surface area contributed by atoms with Gasteiger partial charge in [0.05, 0.1) is 38.0 Å². The predicted molar refractivity (Wildman–Crippen MR) is 192 cm³/mol. The molecule has 3 aromatic rings. The fourth-order valence-corrected chi connectivity index (χ4v) is 5.93. The first-order chi connectivity index (χ1) is 23.8. The summed E-state index contributed by atoms with van der Waals surface area (Å²) in [5.74, 6) is -0.713. The molecule has 6 rings (SSSR count). The molecule has 0 atom stereocenters. The van der Waals surface area contributed by atoms with Gasteiger partial charge in [-0.2, -0.15) is 0 Å². The van der Waals surface area contributed by atoms with Crippen molar-refractivity contribution in [2.45, 2.75) is 77.0 Å². The van der Waals surface area contributed by atoms with Crippen LogP contribution in [0.25, 0.3) is 0 Å². The molecule has 0 aromatic heterocycles. The third-order valence-corrected chi connectivity index (χ3v) is 8.31. The fourth-order valence-electron chi connectivity index (χ4n) is 5.93. The molecule has 0 unspecified atom stereocenters. The summed E-state index contributed by atoms with van der Waals surface area (Å²) in [6.45, 7) is 4.67. The van der Waals surface area contributed by atoms with Crippen LogP contribution in [0.15, 0.2) is 59.8 Å². The van der Waals surface area contributed by atoms with Crippen LogP contribution in [0, 0.1) is 0 Å². The Balaban J connectivity index is 0.000000336. The summed E-state index contributed by atoms with van der Waals surface area (Å²) in [6, 6.07) is 17.7. The third-order valence-electron chi connectivity index (χ3n) is 8.31. The minimum Gasteiger partial charge on any atom is -0.465 e. The molecule has 0 aliphatic heterocycles. The third kappa shape index (κ3) is 13.7. The number of carbonyl (C=O) groups excluding carboxylic acids is 4. The first kappa shape index (κ1) is 42.2. The van der Waals surface area contributed by atoms with Crippen LogP contribution in [0.5, 0.6) is 0 Å². The number of oxime groups is 1. The van der Waals surface area contributed by atoms with Crippen LogP contribution in [0.2, 0.25) is 0 Å². The van der Waals surface area contributed by atoms with Crippen molar-refractivity contribution in [3.63, 3.8) is 0 Å². The first-order valence-electron chi connectivity index (χ1n) is 16.4. The summed E-state index contributed by atoms with van der Waals surface area (Å²) in [4.78, 5) is 41.8. The molecular weight excluding hydrogens is 624 g/mol. The van der Waals surface area contributed by atoms with Gasteiger partial charge >= 0.3 is 17.9 Å². The van der Waals surface area contributed by atoms with E-state index in [0.29, 0.717) is 16.7 Å². The van der Waals surface area contributed by atoms with Gasteiger partial charge in [-0.05, 0) is 154 Å². The highest BCUT2D eigenvalue weighted by Gasteiger charge is 2.14. The minimum atomic E-state index is -0.238. The standard InChI is InChI=1S/3C12H14O2.CH3NO.CH5N.CH2O/c3*1-14-12(13)11-7-6-9-4-2-3-5-10(9)8-11;1-2-3;2*1-2/h3*6-8H,2-5H2,1H3;3H,1H2;2H2,1H3;1H2. The van der Waals surface area contributed by atoms with Crippen LogP contribution in [-0.4, -0.2) is 65.0 Å². The second kappa shape index (κ2) is 24.3. The number of nitrogens with zero attached hydrogens (tertiary/aromatic N) is 1. The van der Waals surface area contributed by atoms with Crippen molar-refractivity contribution in [3.05, 3.63) is 105 Å². The van der Waals surface area contributed by atoms with E-state index in [0.717, 1.165) is 38.5 Å². The summed E-state index contributed by atoms with van der Waals surface area (Å²) in [7, 11) is 5.76. The van der Waals surface area contributed by atoms with Gasteiger partial charge in [0.25, 0.3) is 0 Å². The molecule has 0 bridgehead atoms. The van der Waals surface area contributed by atoms with Crippen molar-refractivity contribution >= 4 is 31.4 Å². The number of hydrogen-bond acceptors (Lipinski definition) is 10. The van der Waals surface area contributed by atoms with Crippen LogP contribution in [0.1, 0.15) is 103 Å². The highest BCUT2D eigenvalue weighted by Crippen LogP contribution is 2.24. The maximum atomic E-state index is 11.3. The molecule has 0 saturated heterocycles. The largest absolute Gasteiger partial charge is 0.465 e. The van der Waals surface area contributed by atoms with Crippen molar-refractivity contribution in [2.24, 2.45) is 10.9 Å². The van der Waals surface area contributed by atoms with E-state index < -0.39 is 0 Å². The monoisotopic (exact) mass is 676 g/mol. The van der Waals surface area contributed by atoms with Crippen LogP contribution >= 0.6 is 0 Å². The highest BCUT2D eigenvalue weighted by atomic mass is 16.5. The summed E-state index contributed by atoms with van der Waals surface area (Å²) in [6.07, 6.45) is 14.2. The van der Waals surface area contributed by atoms with E-state index in [1.807, 2.05) is 43.2 Å². The average molecular weight is 677 g/mol. The van der Waals surface area contributed by atoms with Crippen molar-refractivity contribution in [1.82, 2.24) is 0 Å². The van der Waals surface area contributed by atoms with E-state index in [1.54, 1.807) is 0 Å². The van der Waals surface area contributed by atoms with Crippen LogP contribution < -0.4 is 5.73 Å². The minimum absolute atomic E-state index is 0.238. The number of nitrogens with two attached hydrogens (primary N) is 1. The Hall–Kier alpha value is -4.83. The van der Waals surface area contributed by atoms with E-state index in [2.05, 4.69) is 50.0 Å². The molecule has 10 nitrogen and oxygen atoms in total. The van der Waals surface area contributed by atoms with Gasteiger partial charge in [0.2, 0.25) is 0 Å². The molecule has 3 aliphatic carbocycles. The fraction of sp³-hybridized carbons (Fsp3) is 0.410. The van der Waals surface area contributed by atoms with Crippen LogP contribution in [0.4, 0.5) is 0 Å². The maximum Gasteiger partial charge on any atom is 0.337 e. The smallest absolute Gasteiger partial charge is 0.337 e. The molecule has 266 valence electrons. The number of hydrogen-bond donors (Lipinski definition) is 2. The van der Waals surface area contributed by atoms with Gasteiger partial charge in [-0.1, -0.05) is 18.2 Å². The summed E-state index contributed by atoms with van der Waals surface area (Å²) in [5.41, 5.74) is 14.7. The summed E-state index contributed by atoms with van der Waals surface area (Å²) >= 11 is 0. The first-order valence-corrected chi connectivity index (χ1v) is 16.4. The molecule has 0 radical (unpaired) electrons. The Morgan fingerprint density at radius 2 is 0.735 bits per heavy atom. The SMILES string of the molecule is C=NO.C=O.CN.COC(=O)c1ccc2c(c1)CCCC2.COC(=O)c1ccc2c(c1)CCCC2.COC(=O)c1ccc2c(c1)CCCC2. The van der Waals surface area contributed by atoms with Gasteiger partial charge < -0.3 is 29.9 Å². The Kier molecular flexibility index (Phi) is 21.0. The average Bonchev–Trinajstić information content (AvgIpc) is 3.18. The molecule has 0 saturated carbocycles. The normalized spacial score (nSPS) is 13.0. The van der Waals surface area contributed by atoms with Crippen molar-refractivity contribution in [1.29, 1.82) is 0 Å². The second-order valence-corrected chi connectivity index (χ2v) is 11.2. The van der Waals surface area contributed by atoms with Gasteiger partial charge in [0.1, 0.15) is 6.79 Å². The molecule has 3 aromatic carbocycles. The zero-order chi connectivity index (χ0) is 36.6. The van der Waals surface area contributed by atoms with E-state index >= 15 is 0 Å². The lowest BCUT2D eigenvalue weighted by Gasteiger charge is -2.15. The van der Waals surface area contributed by atoms with Crippen molar-refractivity contribution in [2.75, 3.05) is 28.4 Å². The van der Waals surface area contributed by atoms with Crippen LogP contribution in [-0.2, 0) is 57.5 Å². The summed E-state index contributed by atoms with van der Waals surface area (Å²) < 4.78 is 14.1. The second-order valence-electron chi connectivity index (χ2n) is 11.2. The number of esters is 3. The maximum absolute atomic E-state index is 11.3.